The van der Waals surface area contributed by atoms with E-state index >= 15 is 0 Å². The largest absolute Gasteiger partial charge is 0.481 e. The lowest BCUT2D eigenvalue weighted by atomic mass is 10.2. The van der Waals surface area contributed by atoms with Gasteiger partial charge >= 0.3 is 5.97 Å². The van der Waals surface area contributed by atoms with Crippen molar-refractivity contribution >= 4 is 17.8 Å². The van der Waals surface area contributed by atoms with E-state index < -0.39 is 11.9 Å². The van der Waals surface area contributed by atoms with Crippen LogP contribution in [0.1, 0.15) is 22.3 Å². The molecule has 0 saturated carbocycles. The number of hydrogen-bond donors (Lipinski definition) is 2. The number of nitrogens with zero attached hydrogens (tertiary/aromatic N) is 5. The quantitative estimate of drug-likeness (QED) is 0.659. The maximum atomic E-state index is 13.2. The summed E-state index contributed by atoms with van der Waals surface area (Å²) in [5, 5.41) is 19.2. The van der Waals surface area contributed by atoms with E-state index in [0.717, 1.165) is 0 Å². The van der Waals surface area contributed by atoms with Crippen molar-refractivity contribution in [1.29, 1.82) is 0 Å². The fourth-order valence-corrected chi connectivity index (χ4v) is 2.24. The molecule has 9 nitrogen and oxygen atoms in total. The number of carbonyl (C=O) groups is 2. The average molecular weight is 358 g/mol. The topological polar surface area (TPSA) is 115 Å². The first-order valence-electron chi connectivity index (χ1n) is 7.69. The van der Waals surface area contributed by atoms with Gasteiger partial charge in [-0.25, -0.2) is 14.1 Å². The van der Waals surface area contributed by atoms with Crippen molar-refractivity contribution < 1.29 is 19.1 Å². The second kappa shape index (κ2) is 7.55. The van der Waals surface area contributed by atoms with Crippen molar-refractivity contribution in [3.63, 3.8) is 0 Å². The van der Waals surface area contributed by atoms with E-state index in [-0.39, 0.29) is 30.3 Å². The van der Waals surface area contributed by atoms with E-state index in [1.807, 2.05) is 0 Å². The lowest BCUT2D eigenvalue weighted by Crippen LogP contribution is -2.13. The molecule has 134 valence electrons. The Balaban J connectivity index is 1.60. The van der Waals surface area contributed by atoms with Crippen LogP contribution in [-0.4, -0.2) is 41.5 Å². The Morgan fingerprint density at radius 1 is 1.27 bits per heavy atom. The van der Waals surface area contributed by atoms with Crippen molar-refractivity contribution in [3.8, 4) is 0 Å². The Bertz CT molecular complexity index is 935. The van der Waals surface area contributed by atoms with Crippen LogP contribution < -0.4 is 5.32 Å². The van der Waals surface area contributed by atoms with Crippen LogP contribution in [0.2, 0.25) is 0 Å². The molecule has 26 heavy (non-hydrogen) atoms. The molecule has 0 fully saturated rings. The van der Waals surface area contributed by atoms with Crippen LogP contribution in [-0.2, 0) is 17.9 Å². The van der Waals surface area contributed by atoms with Gasteiger partial charge in [0, 0.05) is 6.20 Å². The van der Waals surface area contributed by atoms with Crippen molar-refractivity contribution in [2.75, 3.05) is 5.32 Å². The smallest absolute Gasteiger partial charge is 0.305 e. The van der Waals surface area contributed by atoms with Gasteiger partial charge in [0.1, 0.15) is 12.1 Å². The summed E-state index contributed by atoms with van der Waals surface area (Å²) in [6, 6.07) is 6.11. The molecule has 0 saturated heterocycles. The van der Waals surface area contributed by atoms with E-state index in [1.54, 1.807) is 12.1 Å². The van der Waals surface area contributed by atoms with E-state index in [1.165, 1.54) is 40.2 Å². The number of hydrogen-bond acceptors (Lipinski definition) is 5. The molecule has 1 aromatic carbocycles. The molecule has 0 aliphatic carbocycles. The highest BCUT2D eigenvalue weighted by atomic mass is 19.1. The van der Waals surface area contributed by atoms with Crippen LogP contribution in [0, 0.1) is 5.82 Å². The Morgan fingerprint density at radius 2 is 2.12 bits per heavy atom. The Labute approximate surface area is 147 Å². The highest BCUT2D eigenvalue weighted by molar-refractivity contribution is 6.02. The summed E-state index contributed by atoms with van der Waals surface area (Å²) in [6.07, 6.45) is 4.12. The van der Waals surface area contributed by atoms with Crippen LogP contribution in [0.3, 0.4) is 0 Å². The zero-order chi connectivity index (χ0) is 18.5. The van der Waals surface area contributed by atoms with E-state index in [0.29, 0.717) is 12.1 Å². The molecule has 3 aromatic rings. The first kappa shape index (κ1) is 17.3. The summed E-state index contributed by atoms with van der Waals surface area (Å²) in [6.45, 7) is 0.483. The number of rotatable bonds is 7. The maximum absolute atomic E-state index is 13.2. The molecule has 0 spiro atoms. The third-order valence-electron chi connectivity index (χ3n) is 3.45. The third kappa shape index (κ3) is 4.50. The zero-order valence-electron chi connectivity index (χ0n) is 13.5. The van der Waals surface area contributed by atoms with Crippen molar-refractivity contribution in [3.05, 3.63) is 59.9 Å². The molecule has 0 radical (unpaired) electrons. The van der Waals surface area contributed by atoms with Crippen LogP contribution in [0.15, 0.2) is 43.0 Å². The number of carbonyl (C=O) groups excluding carboxylic acids is 1. The minimum atomic E-state index is -0.945. The summed E-state index contributed by atoms with van der Waals surface area (Å²) < 4.78 is 16.0. The summed E-state index contributed by atoms with van der Waals surface area (Å²) in [4.78, 5) is 26.7. The normalized spacial score (nSPS) is 10.7. The summed E-state index contributed by atoms with van der Waals surface area (Å²) in [5.41, 5.74) is 0.976. The molecular weight excluding hydrogens is 343 g/mol. The summed E-state index contributed by atoms with van der Waals surface area (Å²) in [5.74, 6) is -1.64. The number of aromatic nitrogens is 5. The monoisotopic (exact) mass is 358 g/mol. The molecule has 0 unspecified atom stereocenters. The maximum Gasteiger partial charge on any atom is 0.305 e. The van der Waals surface area contributed by atoms with Gasteiger partial charge in [-0.2, -0.15) is 5.10 Å². The van der Waals surface area contributed by atoms with Gasteiger partial charge in [-0.1, -0.05) is 12.1 Å². The predicted octanol–water partition coefficient (Wildman–Crippen LogP) is 1.39. The van der Waals surface area contributed by atoms with Crippen molar-refractivity contribution in [1.82, 2.24) is 24.5 Å². The molecule has 0 aliphatic rings. The highest BCUT2D eigenvalue weighted by Gasteiger charge is 2.12. The Hall–Kier alpha value is -3.56. The SMILES string of the molecule is O=C(O)CCn1cc(C(=O)Nc2ncn(Cc3cccc(F)c3)n2)cn1. The Kier molecular flexibility index (Phi) is 5.02. The number of carboxylic acid groups (broad SMARTS) is 1. The predicted molar refractivity (Wildman–Crippen MR) is 88.0 cm³/mol. The van der Waals surface area contributed by atoms with E-state index in [4.69, 9.17) is 5.11 Å². The average Bonchev–Trinajstić information content (AvgIpc) is 3.22. The molecule has 10 heteroatoms. The number of halogens is 1. The summed E-state index contributed by atoms with van der Waals surface area (Å²) >= 11 is 0. The van der Waals surface area contributed by atoms with Gasteiger partial charge in [0.05, 0.1) is 31.3 Å². The van der Waals surface area contributed by atoms with Gasteiger partial charge in [-0.15, -0.1) is 5.10 Å². The van der Waals surface area contributed by atoms with Crippen LogP contribution in [0.4, 0.5) is 10.3 Å². The van der Waals surface area contributed by atoms with Gasteiger partial charge in [-0.05, 0) is 17.7 Å². The number of aliphatic carboxylic acids is 1. The molecule has 2 heterocycles. The van der Waals surface area contributed by atoms with Crippen LogP contribution in [0.5, 0.6) is 0 Å². The molecule has 3 rings (SSSR count). The Morgan fingerprint density at radius 3 is 2.88 bits per heavy atom. The van der Waals surface area contributed by atoms with Gasteiger partial charge < -0.3 is 5.11 Å². The molecule has 0 aliphatic heterocycles. The number of aryl methyl sites for hydroxylation is 1. The minimum absolute atomic E-state index is 0.0885. The first-order valence-corrected chi connectivity index (χ1v) is 7.69. The fourth-order valence-electron chi connectivity index (χ4n) is 2.24. The number of benzene rings is 1. The third-order valence-corrected chi connectivity index (χ3v) is 3.45. The number of carboxylic acids is 1. The minimum Gasteiger partial charge on any atom is -0.481 e. The fraction of sp³-hybridized carbons (Fsp3) is 0.188. The molecule has 1 amide bonds. The lowest BCUT2D eigenvalue weighted by Gasteiger charge is -2.01. The zero-order valence-corrected chi connectivity index (χ0v) is 13.5. The van der Waals surface area contributed by atoms with Gasteiger partial charge in [-0.3, -0.25) is 19.6 Å². The van der Waals surface area contributed by atoms with Gasteiger partial charge in [0.15, 0.2) is 0 Å². The van der Waals surface area contributed by atoms with Crippen molar-refractivity contribution in [2.24, 2.45) is 0 Å². The second-order valence-electron chi connectivity index (χ2n) is 5.49. The molecule has 2 N–H and O–H groups in total. The van der Waals surface area contributed by atoms with Crippen LogP contribution in [0.25, 0.3) is 0 Å². The number of amides is 1. The lowest BCUT2D eigenvalue weighted by molar-refractivity contribution is -0.137. The molecule has 0 atom stereocenters. The highest BCUT2D eigenvalue weighted by Crippen LogP contribution is 2.08. The first-order chi connectivity index (χ1) is 12.5. The molecule has 0 bridgehead atoms. The van der Waals surface area contributed by atoms with Gasteiger partial charge in [0.25, 0.3) is 5.91 Å². The van der Waals surface area contributed by atoms with Gasteiger partial charge in [0.2, 0.25) is 5.95 Å². The van der Waals surface area contributed by atoms with E-state index in [9.17, 15) is 14.0 Å². The number of anilines is 1. The number of nitrogens with one attached hydrogen (secondary N) is 1. The van der Waals surface area contributed by atoms with Crippen molar-refractivity contribution in [2.45, 2.75) is 19.5 Å². The second-order valence-corrected chi connectivity index (χ2v) is 5.49. The van der Waals surface area contributed by atoms with E-state index in [2.05, 4.69) is 20.5 Å². The summed E-state index contributed by atoms with van der Waals surface area (Å²) in [7, 11) is 0. The van der Waals surface area contributed by atoms with Crippen LogP contribution >= 0.6 is 0 Å². The standard InChI is InChI=1S/C16H15FN6O3/c17-13-3-1-2-11(6-13)8-23-10-18-16(21-23)20-15(26)12-7-19-22(9-12)5-4-14(24)25/h1-3,6-7,9-10H,4-5,8H2,(H,24,25)(H,20,21,26). The molecular formula is C16H15FN6O3. The molecule has 2 aromatic heterocycles.